The molecule has 1 aliphatic heterocycles. The van der Waals surface area contributed by atoms with Crippen LogP contribution in [0.4, 0.5) is 0 Å². The highest BCUT2D eigenvalue weighted by Gasteiger charge is 2.43. The third-order valence-electron chi connectivity index (χ3n) is 3.56. The monoisotopic (exact) mass is 233 g/mol. The molecule has 1 heterocycles. The van der Waals surface area contributed by atoms with E-state index in [2.05, 4.69) is 17.0 Å². The largest absolute Gasteiger partial charge is 0.481 e. The van der Waals surface area contributed by atoms with E-state index in [0.717, 1.165) is 13.1 Å². The number of benzene rings is 1. The molecule has 3 heteroatoms. The van der Waals surface area contributed by atoms with Crippen LogP contribution >= 0.6 is 0 Å². The summed E-state index contributed by atoms with van der Waals surface area (Å²) in [4.78, 5) is 13.4. The van der Waals surface area contributed by atoms with Crippen molar-refractivity contribution >= 4 is 5.97 Å². The Kier molecular flexibility index (Phi) is 3.20. The first-order valence-electron chi connectivity index (χ1n) is 5.98. The van der Waals surface area contributed by atoms with Crippen molar-refractivity contribution < 1.29 is 9.90 Å². The van der Waals surface area contributed by atoms with Gasteiger partial charge in [0.2, 0.25) is 0 Å². The second kappa shape index (κ2) is 4.49. The van der Waals surface area contributed by atoms with Crippen molar-refractivity contribution in [2.24, 2.45) is 11.3 Å². The zero-order valence-electron chi connectivity index (χ0n) is 10.4. The predicted molar refractivity (Wildman–Crippen MR) is 66.6 cm³/mol. The molecular weight excluding hydrogens is 214 g/mol. The Morgan fingerprint density at radius 3 is 2.59 bits per heavy atom. The van der Waals surface area contributed by atoms with Gasteiger partial charge in [0.1, 0.15) is 0 Å². The quantitative estimate of drug-likeness (QED) is 0.870. The van der Waals surface area contributed by atoms with Crippen LogP contribution in [-0.2, 0) is 11.3 Å². The summed E-state index contributed by atoms with van der Waals surface area (Å²) in [6, 6.07) is 10.2. The van der Waals surface area contributed by atoms with E-state index in [9.17, 15) is 9.90 Å². The van der Waals surface area contributed by atoms with Gasteiger partial charge < -0.3 is 5.11 Å². The van der Waals surface area contributed by atoms with Crippen LogP contribution in [0.3, 0.4) is 0 Å². The van der Waals surface area contributed by atoms with Gasteiger partial charge in [0.15, 0.2) is 0 Å². The Labute approximate surface area is 102 Å². The number of nitrogens with zero attached hydrogens (tertiary/aromatic N) is 1. The normalized spacial score (nSPS) is 23.8. The van der Waals surface area contributed by atoms with Gasteiger partial charge in [0.25, 0.3) is 0 Å². The van der Waals surface area contributed by atoms with Crippen molar-refractivity contribution in [1.82, 2.24) is 4.90 Å². The Balaban J connectivity index is 2.04. The number of aliphatic carboxylic acids is 1. The van der Waals surface area contributed by atoms with Gasteiger partial charge in [-0.05, 0) is 11.0 Å². The first-order valence-corrected chi connectivity index (χ1v) is 5.98. The average molecular weight is 233 g/mol. The topological polar surface area (TPSA) is 40.5 Å². The molecule has 0 aromatic heterocycles. The van der Waals surface area contributed by atoms with Crippen LogP contribution < -0.4 is 0 Å². The van der Waals surface area contributed by atoms with Gasteiger partial charge in [-0.1, -0.05) is 44.2 Å². The van der Waals surface area contributed by atoms with E-state index in [1.807, 2.05) is 32.0 Å². The molecule has 92 valence electrons. The molecule has 1 unspecified atom stereocenters. The van der Waals surface area contributed by atoms with Gasteiger partial charge in [0, 0.05) is 19.6 Å². The van der Waals surface area contributed by atoms with Gasteiger partial charge in [-0.3, -0.25) is 9.69 Å². The molecule has 0 aliphatic carbocycles. The molecule has 3 nitrogen and oxygen atoms in total. The molecule has 0 spiro atoms. The average Bonchev–Trinajstić information content (AvgIpc) is 2.55. The second-order valence-electron chi connectivity index (χ2n) is 5.53. The predicted octanol–water partition coefficient (Wildman–Crippen LogP) is 2.23. The van der Waals surface area contributed by atoms with Crippen LogP contribution in [0.25, 0.3) is 0 Å². The van der Waals surface area contributed by atoms with Gasteiger partial charge in [-0.2, -0.15) is 0 Å². The van der Waals surface area contributed by atoms with E-state index in [-0.39, 0.29) is 11.3 Å². The van der Waals surface area contributed by atoms with Crippen LogP contribution in [0.2, 0.25) is 0 Å². The minimum Gasteiger partial charge on any atom is -0.481 e. The third kappa shape index (κ3) is 2.67. The number of hydrogen-bond donors (Lipinski definition) is 1. The van der Waals surface area contributed by atoms with Crippen molar-refractivity contribution in [2.45, 2.75) is 20.4 Å². The van der Waals surface area contributed by atoms with Gasteiger partial charge in [-0.25, -0.2) is 0 Å². The fourth-order valence-corrected chi connectivity index (χ4v) is 2.63. The minimum atomic E-state index is -0.675. The fourth-order valence-electron chi connectivity index (χ4n) is 2.63. The Bertz CT molecular complexity index is 400. The number of rotatable bonds is 3. The highest BCUT2D eigenvalue weighted by molar-refractivity contribution is 5.71. The maximum Gasteiger partial charge on any atom is 0.308 e. The molecule has 0 amide bonds. The van der Waals surface area contributed by atoms with Gasteiger partial charge in [-0.15, -0.1) is 0 Å². The summed E-state index contributed by atoms with van der Waals surface area (Å²) in [5, 5.41) is 9.21. The molecule has 1 fully saturated rings. The van der Waals surface area contributed by atoms with Crippen LogP contribution in [0, 0.1) is 11.3 Å². The summed E-state index contributed by atoms with van der Waals surface area (Å²) in [5.74, 6) is -0.934. The molecule has 1 atom stereocenters. The van der Waals surface area contributed by atoms with Gasteiger partial charge >= 0.3 is 5.97 Å². The summed E-state index contributed by atoms with van der Waals surface area (Å²) in [6.45, 7) is 6.41. The lowest BCUT2D eigenvalue weighted by Crippen LogP contribution is -2.28. The summed E-state index contributed by atoms with van der Waals surface area (Å²) >= 11 is 0. The number of likely N-dealkylation sites (tertiary alicyclic amines) is 1. The number of carboxylic acids is 1. The van der Waals surface area contributed by atoms with E-state index < -0.39 is 5.97 Å². The Morgan fingerprint density at radius 1 is 1.41 bits per heavy atom. The number of carbonyl (C=O) groups is 1. The SMILES string of the molecule is CC1(C)CN(Cc2ccccc2)CC1C(=O)O. The summed E-state index contributed by atoms with van der Waals surface area (Å²) in [6.07, 6.45) is 0. The highest BCUT2D eigenvalue weighted by atomic mass is 16.4. The van der Waals surface area contributed by atoms with Gasteiger partial charge in [0.05, 0.1) is 5.92 Å². The maximum atomic E-state index is 11.2. The molecule has 1 aromatic rings. The first kappa shape index (κ1) is 12.1. The second-order valence-corrected chi connectivity index (χ2v) is 5.53. The summed E-state index contributed by atoms with van der Waals surface area (Å²) in [7, 11) is 0. The van der Waals surface area contributed by atoms with Crippen molar-refractivity contribution in [3.63, 3.8) is 0 Å². The van der Waals surface area contributed by atoms with Crippen molar-refractivity contribution in [2.75, 3.05) is 13.1 Å². The van der Waals surface area contributed by atoms with Crippen LogP contribution in [-0.4, -0.2) is 29.1 Å². The lowest BCUT2D eigenvalue weighted by atomic mass is 9.82. The van der Waals surface area contributed by atoms with E-state index >= 15 is 0 Å². The number of carboxylic acid groups (broad SMARTS) is 1. The standard InChI is InChI=1S/C14H19NO2/c1-14(2)10-15(9-12(14)13(16)17)8-11-6-4-3-5-7-11/h3-7,12H,8-10H2,1-2H3,(H,16,17). The molecular formula is C14H19NO2. The molecule has 0 saturated carbocycles. The van der Waals surface area contributed by atoms with Crippen LogP contribution in [0.5, 0.6) is 0 Å². The Morgan fingerprint density at radius 2 is 2.06 bits per heavy atom. The maximum absolute atomic E-state index is 11.2. The van der Waals surface area contributed by atoms with Crippen molar-refractivity contribution in [3.8, 4) is 0 Å². The molecule has 1 aromatic carbocycles. The molecule has 2 rings (SSSR count). The van der Waals surface area contributed by atoms with Crippen molar-refractivity contribution in [3.05, 3.63) is 35.9 Å². The molecule has 17 heavy (non-hydrogen) atoms. The highest BCUT2D eigenvalue weighted by Crippen LogP contribution is 2.35. The van der Waals surface area contributed by atoms with E-state index in [1.54, 1.807) is 0 Å². The molecule has 1 aliphatic rings. The zero-order chi connectivity index (χ0) is 12.5. The lowest BCUT2D eigenvalue weighted by Gasteiger charge is -2.22. The molecule has 1 N–H and O–H groups in total. The first-order chi connectivity index (χ1) is 7.99. The van der Waals surface area contributed by atoms with E-state index in [1.165, 1.54) is 5.56 Å². The van der Waals surface area contributed by atoms with Crippen molar-refractivity contribution in [1.29, 1.82) is 0 Å². The van der Waals surface area contributed by atoms with E-state index in [4.69, 9.17) is 0 Å². The zero-order valence-corrected chi connectivity index (χ0v) is 10.4. The smallest absolute Gasteiger partial charge is 0.308 e. The van der Waals surface area contributed by atoms with Crippen LogP contribution in [0.15, 0.2) is 30.3 Å². The fraction of sp³-hybridized carbons (Fsp3) is 0.500. The molecule has 0 bridgehead atoms. The molecule has 0 radical (unpaired) electrons. The van der Waals surface area contributed by atoms with Crippen LogP contribution in [0.1, 0.15) is 19.4 Å². The summed E-state index contributed by atoms with van der Waals surface area (Å²) < 4.78 is 0. The van der Waals surface area contributed by atoms with E-state index in [0.29, 0.717) is 6.54 Å². The minimum absolute atomic E-state index is 0.138. The third-order valence-corrected chi connectivity index (χ3v) is 3.56. The summed E-state index contributed by atoms with van der Waals surface area (Å²) in [5.41, 5.74) is 1.11. The Hall–Kier alpha value is -1.35. The number of hydrogen-bond acceptors (Lipinski definition) is 2. The lowest BCUT2D eigenvalue weighted by molar-refractivity contribution is -0.144. The molecule has 1 saturated heterocycles.